The van der Waals surface area contributed by atoms with Crippen molar-refractivity contribution in [3.63, 3.8) is 0 Å². The number of nitrogens with zero attached hydrogens (tertiary/aromatic N) is 1. The maximum Gasteiger partial charge on any atom is 0.340 e. The molecule has 1 rings (SSSR count). The van der Waals surface area contributed by atoms with Crippen LogP contribution in [0.15, 0.2) is 0 Å². The molecule has 1 heterocycles. The lowest BCUT2D eigenvalue weighted by Crippen LogP contribution is -2.29. The van der Waals surface area contributed by atoms with Gasteiger partial charge >= 0.3 is 7.67 Å². The van der Waals surface area contributed by atoms with Crippen LogP contribution in [0, 0.1) is 0 Å². The number of rotatable bonds is 9. The number of halogens is 2. The highest BCUT2D eigenvalue weighted by molar-refractivity contribution is 7.53. The number of epoxide rings is 1. The molecule has 2 atom stereocenters. The second-order valence-corrected chi connectivity index (χ2v) is 6.18. The predicted molar refractivity (Wildman–Crippen MR) is 65.1 cm³/mol. The first-order chi connectivity index (χ1) is 7.60. The second kappa shape index (κ2) is 7.17. The second-order valence-electron chi connectivity index (χ2n) is 3.47. The Morgan fingerprint density at radius 2 is 2.00 bits per heavy atom. The van der Waals surface area contributed by atoms with Crippen LogP contribution < -0.4 is 5.50 Å². The molecule has 2 unspecified atom stereocenters. The normalized spacial score (nSPS) is 23.4. The van der Waals surface area contributed by atoms with Gasteiger partial charge in [-0.25, -0.2) is 10.2 Å². The summed E-state index contributed by atoms with van der Waals surface area (Å²) in [6, 6.07) is 0. The van der Waals surface area contributed by atoms with Gasteiger partial charge in [0.1, 0.15) is 0 Å². The molecule has 0 aromatic rings. The molecule has 2 N–H and O–H groups in total. The van der Waals surface area contributed by atoms with Gasteiger partial charge in [0.05, 0.1) is 19.3 Å². The Kier molecular flexibility index (Phi) is 6.59. The lowest BCUT2D eigenvalue weighted by Gasteiger charge is -2.26. The Morgan fingerprint density at radius 1 is 1.44 bits per heavy atom. The maximum atomic E-state index is 12.0. The van der Waals surface area contributed by atoms with Crippen molar-refractivity contribution in [1.82, 2.24) is 4.67 Å². The van der Waals surface area contributed by atoms with Gasteiger partial charge in [0.15, 0.2) is 0 Å². The molecule has 5 nitrogen and oxygen atoms in total. The molecule has 16 heavy (non-hydrogen) atoms. The number of nitrogens with two attached hydrogens (primary N) is 1. The molecule has 0 radical (unpaired) electrons. The Labute approximate surface area is 106 Å². The topological polar surface area (TPSA) is 68.1 Å². The molecule has 0 aromatic carbocycles. The smallest absolute Gasteiger partial charge is 0.340 e. The monoisotopic (exact) mass is 290 g/mol. The van der Waals surface area contributed by atoms with Crippen LogP contribution in [0.5, 0.6) is 0 Å². The summed E-state index contributed by atoms with van der Waals surface area (Å²) in [4.78, 5) is 0. The van der Waals surface area contributed by atoms with Crippen LogP contribution in [-0.2, 0) is 13.8 Å². The number of ether oxygens (including phenoxy) is 1. The molecule has 0 aromatic heterocycles. The largest absolute Gasteiger partial charge is 0.373 e. The van der Waals surface area contributed by atoms with Crippen molar-refractivity contribution < 1.29 is 13.8 Å². The molecule has 0 amide bonds. The highest BCUT2D eigenvalue weighted by Crippen LogP contribution is 2.42. The third kappa shape index (κ3) is 5.32. The molecule has 0 bridgehead atoms. The third-order valence-corrected chi connectivity index (χ3v) is 4.28. The van der Waals surface area contributed by atoms with Gasteiger partial charge in [0, 0.05) is 24.8 Å². The van der Waals surface area contributed by atoms with E-state index >= 15 is 0 Å². The minimum absolute atomic E-state index is 0.245. The van der Waals surface area contributed by atoms with Crippen LogP contribution in [0.3, 0.4) is 0 Å². The van der Waals surface area contributed by atoms with E-state index in [0.717, 1.165) is 13.0 Å². The minimum Gasteiger partial charge on any atom is -0.373 e. The average molecular weight is 291 g/mol. The van der Waals surface area contributed by atoms with Gasteiger partial charge in [-0.1, -0.05) is 0 Å². The van der Waals surface area contributed by atoms with Crippen LogP contribution >= 0.6 is 30.9 Å². The molecule has 0 spiro atoms. The van der Waals surface area contributed by atoms with E-state index in [1.165, 1.54) is 4.67 Å². The summed E-state index contributed by atoms with van der Waals surface area (Å²) >= 11 is 11.2. The van der Waals surface area contributed by atoms with E-state index in [-0.39, 0.29) is 6.10 Å². The van der Waals surface area contributed by atoms with Gasteiger partial charge < -0.3 is 9.26 Å². The Hall–Kier alpha value is 0.650. The van der Waals surface area contributed by atoms with E-state index in [1.54, 1.807) is 0 Å². The SMILES string of the molecule is NP(=O)(OCCC1CO1)N(CCCl)CCCl. The van der Waals surface area contributed by atoms with Gasteiger partial charge in [0.25, 0.3) is 0 Å². The first kappa shape index (κ1) is 14.7. The lowest BCUT2D eigenvalue weighted by atomic mass is 10.4. The highest BCUT2D eigenvalue weighted by Gasteiger charge is 2.28. The quantitative estimate of drug-likeness (QED) is 0.397. The van der Waals surface area contributed by atoms with Crippen molar-refractivity contribution in [2.45, 2.75) is 12.5 Å². The minimum atomic E-state index is -3.26. The zero-order chi connectivity index (χ0) is 12.0. The van der Waals surface area contributed by atoms with Crippen LogP contribution in [0.4, 0.5) is 0 Å². The van der Waals surface area contributed by atoms with Gasteiger partial charge in [0.2, 0.25) is 0 Å². The Morgan fingerprint density at radius 3 is 2.44 bits per heavy atom. The zero-order valence-electron chi connectivity index (χ0n) is 8.98. The molecular weight excluding hydrogens is 274 g/mol. The molecule has 1 fully saturated rings. The van der Waals surface area contributed by atoms with Crippen LogP contribution in [0.1, 0.15) is 6.42 Å². The van der Waals surface area contributed by atoms with Gasteiger partial charge in [-0.05, 0) is 6.42 Å². The fraction of sp³-hybridized carbons (Fsp3) is 1.00. The van der Waals surface area contributed by atoms with Crippen molar-refractivity contribution in [1.29, 1.82) is 0 Å². The molecule has 8 heteroatoms. The fourth-order valence-electron chi connectivity index (χ4n) is 1.22. The van der Waals surface area contributed by atoms with E-state index < -0.39 is 7.67 Å². The van der Waals surface area contributed by atoms with Crippen molar-refractivity contribution in [3.8, 4) is 0 Å². The predicted octanol–water partition coefficient (Wildman–Crippen LogP) is 1.64. The van der Waals surface area contributed by atoms with E-state index in [1.807, 2.05) is 0 Å². The molecule has 96 valence electrons. The van der Waals surface area contributed by atoms with Gasteiger partial charge in [-0.3, -0.25) is 4.57 Å². The van der Waals surface area contributed by atoms with E-state index in [2.05, 4.69) is 0 Å². The number of hydrogen-bond donors (Lipinski definition) is 1. The summed E-state index contributed by atoms with van der Waals surface area (Å²) in [5.74, 6) is 0.681. The van der Waals surface area contributed by atoms with E-state index in [9.17, 15) is 4.57 Å². The standard InChI is InChI=1S/C8H17Cl2N2O3P/c9-2-4-12(5-3-10)16(11,13)15-6-1-8-7-14-8/h8H,1-7H2,(H2,11,13). The van der Waals surface area contributed by atoms with Gasteiger partial charge in [-0.2, -0.15) is 0 Å². The summed E-state index contributed by atoms with van der Waals surface area (Å²) in [7, 11) is -3.26. The van der Waals surface area contributed by atoms with Crippen LogP contribution in [0.25, 0.3) is 0 Å². The molecule has 1 saturated heterocycles. The molecule has 1 aliphatic heterocycles. The Balaban J connectivity index is 2.33. The number of hydrogen-bond acceptors (Lipinski definition) is 3. The summed E-state index contributed by atoms with van der Waals surface area (Å²) in [5.41, 5.74) is 5.64. The van der Waals surface area contributed by atoms with Gasteiger partial charge in [-0.15, -0.1) is 23.2 Å². The van der Waals surface area contributed by atoms with Crippen LogP contribution in [-0.4, -0.2) is 48.8 Å². The summed E-state index contributed by atoms with van der Waals surface area (Å²) in [6.07, 6.45) is 0.964. The molecular formula is C8H17Cl2N2O3P. The van der Waals surface area contributed by atoms with Crippen molar-refractivity contribution in [2.75, 3.05) is 38.1 Å². The maximum absolute atomic E-state index is 12.0. The first-order valence-corrected chi connectivity index (χ1v) is 7.84. The zero-order valence-corrected chi connectivity index (χ0v) is 11.4. The average Bonchev–Trinajstić information content (AvgIpc) is 3.01. The lowest BCUT2D eigenvalue weighted by molar-refractivity contribution is 0.248. The summed E-state index contributed by atoms with van der Waals surface area (Å²) in [6.45, 7) is 1.90. The molecule has 1 aliphatic rings. The first-order valence-electron chi connectivity index (χ1n) is 5.12. The summed E-state index contributed by atoms with van der Waals surface area (Å²) < 4.78 is 23.7. The molecule has 0 saturated carbocycles. The van der Waals surface area contributed by atoms with E-state index in [4.69, 9.17) is 38.0 Å². The van der Waals surface area contributed by atoms with E-state index in [0.29, 0.717) is 31.5 Å². The highest BCUT2D eigenvalue weighted by atomic mass is 35.5. The Bertz CT molecular complexity index is 247. The summed E-state index contributed by atoms with van der Waals surface area (Å²) in [5, 5.41) is 0. The van der Waals surface area contributed by atoms with Crippen LogP contribution in [0.2, 0.25) is 0 Å². The van der Waals surface area contributed by atoms with Crippen molar-refractivity contribution >= 4 is 30.9 Å². The third-order valence-electron chi connectivity index (χ3n) is 2.20. The fourth-order valence-corrected chi connectivity index (χ4v) is 3.15. The number of alkyl halides is 2. The van der Waals surface area contributed by atoms with Crippen molar-refractivity contribution in [3.05, 3.63) is 0 Å². The molecule has 0 aliphatic carbocycles. The van der Waals surface area contributed by atoms with Crippen molar-refractivity contribution in [2.24, 2.45) is 5.50 Å².